The Morgan fingerprint density at radius 2 is 2.05 bits per heavy atom. The zero-order valence-electron chi connectivity index (χ0n) is 13.2. The van der Waals surface area contributed by atoms with Crippen molar-refractivity contribution in [2.75, 3.05) is 19.6 Å². The molecule has 1 fully saturated rings. The number of alkyl carbamates (subject to hydrolysis) is 1. The number of carboxylic acid groups (broad SMARTS) is 1. The first-order chi connectivity index (χ1) is 9.98. The molecule has 1 heterocycles. The minimum atomic E-state index is -2.73. The van der Waals surface area contributed by atoms with Crippen molar-refractivity contribution in [1.82, 2.24) is 10.2 Å². The zero-order valence-corrected chi connectivity index (χ0v) is 13.2. The summed E-state index contributed by atoms with van der Waals surface area (Å²) in [5.74, 6) is -3.94. The number of carbonyl (C=O) groups excluding carboxylic acids is 1. The second kappa shape index (κ2) is 7.21. The fourth-order valence-electron chi connectivity index (χ4n) is 2.26. The minimum absolute atomic E-state index is 0.0463. The Balaban J connectivity index is 2.48. The van der Waals surface area contributed by atoms with Crippen LogP contribution in [0.1, 0.15) is 40.0 Å². The molecule has 1 aliphatic rings. The molecule has 0 bridgehead atoms. The molecule has 0 saturated carbocycles. The van der Waals surface area contributed by atoms with Gasteiger partial charge in [0.2, 0.25) is 0 Å². The van der Waals surface area contributed by atoms with Gasteiger partial charge in [0, 0.05) is 13.0 Å². The number of alkyl halides is 2. The number of piperidine rings is 1. The highest BCUT2D eigenvalue weighted by atomic mass is 19.3. The van der Waals surface area contributed by atoms with Gasteiger partial charge in [-0.25, -0.2) is 18.4 Å². The number of nitrogens with zero attached hydrogens (tertiary/aromatic N) is 1. The number of amides is 1. The SMILES string of the molecule is CC(C)(C)OC(=O)NC(CCN1CCCC(F)(F)C1)C(=O)O. The third-order valence-electron chi connectivity index (χ3n) is 3.19. The zero-order chi connectivity index (χ0) is 17.0. The summed E-state index contributed by atoms with van der Waals surface area (Å²) in [5.41, 5.74) is -0.734. The minimum Gasteiger partial charge on any atom is -0.480 e. The van der Waals surface area contributed by atoms with Crippen molar-refractivity contribution < 1.29 is 28.2 Å². The Hall–Kier alpha value is -1.44. The number of likely N-dealkylation sites (tertiary alicyclic amines) is 1. The van der Waals surface area contributed by atoms with Gasteiger partial charge in [0.15, 0.2) is 0 Å². The largest absolute Gasteiger partial charge is 0.480 e. The van der Waals surface area contributed by atoms with E-state index in [1.165, 1.54) is 4.90 Å². The lowest BCUT2D eigenvalue weighted by molar-refractivity contribution is -0.139. The monoisotopic (exact) mass is 322 g/mol. The van der Waals surface area contributed by atoms with Crippen LogP contribution < -0.4 is 5.32 Å². The van der Waals surface area contributed by atoms with E-state index in [0.29, 0.717) is 13.0 Å². The highest BCUT2D eigenvalue weighted by Crippen LogP contribution is 2.26. The summed E-state index contributed by atoms with van der Waals surface area (Å²) in [6.45, 7) is 5.32. The number of halogens is 2. The molecule has 0 spiro atoms. The van der Waals surface area contributed by atoms with Crippen LogP contribution in [-0.4, -0.2) is 59.3 Å². The standard InChI is InChI=1S/C14H24F2N2O4/c1-13(2,3)22-12(21)17-10(11(19)20)5-8-18-7-4-6-14(15,16)9-18/h10H,4-9H2,1-3H3,(H,17,21)(H,19,20). The Morgan fingerprint density at radius 1 is 1.41 bits per heavy atom. The number of carbonyl (C=O) groups is 2. The van der Waals surface area contributed by atoms with Crippen LogP contribution in [0.5, 0.6) is 0 Å². The topological polar surface area (TPSA) is 78.9 Å². The maximum atomic E-state index is 13.3. The smallest absolute Gasteiger partial charge is 0.408 e. The Kier molecular flexibility index (Phi) is 6.10. The summed E-state index contributed by atoms with van der Waals surface area (Å²) in [7, 11) is 0. The Bertz CT molecular complexity index is 410. The van der Waals surface area contributed by atoms with Crippen LogP contribution in [0.4, 0.5) is 13.6 Å². The summed E-state index contributed by atoms with van der Waals surface area (Å²) in [5, 5.41) is 11.4. The van der Waals surface area contributed by atoms with Gasteiger partial charge in [0.1, 0.15) is 11.6 Å². The van der Waals surface area contributed by atoms with Gasteiger partial charge in [0.05, 0.1) is 6.54 Å². The van der Waals surface area contributed by atoms with Crippen LogP contribution in [0.25, 0.3) is 0 Å². The second-order valence-electron chi connectivity index (χ2n) is 6.56. The van der Waals surface area contributed by atoms with Crippen LogP contribution in [0.2, 0.25) is 0 Å². The van der Waals surface area contributed by atoms with Crippen molar-refractivity contribution in [2.24, 2.45) is 0 Å². The van der Waals surface area contributed by atoms with Crippen molar-refractivity contribution in [3.05, 3.63) is 0 Å². The van der Waals surface area contributed by atoms with E-state index in [0.717, 1.165) is 0 Å². The number of aliphatic carboxylic acids is 1. The average Bonchev–Trinajstić information content (AvgIpc) is 2.30. The Labute approximate surface area is 128 Å². The molecule has 1 unspecified atom stereocenters. The first-order valence-electron chi connectivity index (χ1n) is 7.31. The third kappa shape index (κ3) is 7.02. The lowest BCUT2D eigenvalue weighted by Crippen LogP contribution is -2.47. The van der Waals surface area contributed by atoms with E-state index in [-0.39, 0.29) is 25.9 Å². The predicted molar refractivity (Wildman–Crippen MR) is 76.0 cm³/mol. The molecule has 0 aromatic rings. The van der Waals surface area contributed by atoms with Gasteiger partial charge in [-0.15, -0.1) is 0 Å². The van der Waals surface area contributed by atoms with Gasteiger partial charge in [-0.2, -0.15) is 0 Å². The predicted octanol–water partition coefficient (Wildman–Crippen LogP) is 2.09. The number of carboxylic acids is 1. The molecule has 0 aliphatic carbocycles. The maximum absolute atomic E-state index is 13.3. The van der Waals surface area contributed by atoms with E-state index in [4.69, 9.17) is 9.84 Å². The molecule has 1 aliphatic heterocycles. The highest BCUT2D eigenvalue weighted by Gasteiger charge is 2.35. The molecule has 0 aromatic carbocycles. The van der Waals surface area contributed by atoms with Gasteiger partial charge in [-0.3, -0.25) is 4.90 Å². The molecule has 6 nitrogen and oxygen atoms in total. The summed E-state index contributed by atoms with van der Waals surface area (Å²) >= 11 is 0. The molecule has 8 heteroatoms. The lowest BCUT2D eigenvalue weighted by atomic mass is 10.1. The molecular weight excluding hydrogens is 298 g/mol. The lowest BCUT2D eigenvalue weighted by Gasteiger charge is -2.33. The molecule has 128 valence electrons. The quantitative estimate of drug-likeness (QED) is 0.810. The van der Waals surface area contributed by atoms with E-state index in [2.05, 4.69) is 5.32 Å². The summed E-state index contributed by atoms with van der Waals surface area (Å²) < 4.78 is 31.6. The molecule has 0 radical (unpaired) electrons. The van der Waals surface area contributed by atoms with E-state index in [1.807, 2.05) is 0 Å². The average molecular weight is 322 g/mol. The van der Waals surface area contributed by atoms with Gasteiger partial charge in [-0.1, -0.05) is 0 Å². The number of rotatable bonds is 5. The summed E-state index contributed by atoms with van der Waals surface area (Å²) in [6, 6.07) is -1.16. The third-order valence-corrected chi connectivity index (χ3v) is 3.19. The Morgan fingerprint density at radius 3 is 2.55 bits per heavy atom. The maximum Gasteiger partial charge on any atom is 0.408 e. The number of ether oxygens (including phenoxy) is 1. The van der Waals surface area contributed by atoms with Crippen molar-refractivity contribution in [3.63, 3.8) is 0 Å². The van der Waals surface area contributed by atoms with Crippen LogP contribution in [0, 0.1) is 0 Å². The number of hydrogen-bond acceptors (Lipinski definition) is 4. The van der Waals surface area contributed by atoms with E-state index in [9.17, 15) is 18.4 Å². The summed E-state index contributed by atoms with van der Waals surface area (Å²) in [4.78, 5) is 24.3. The fourth-order valence-corrected chi connectivity index (χ4v) is 2.26. The van der Waals surface area contributed by atoms with Gasteiger partial charge in [0.25, 0.3) is 5.92 Å². The molecule has 1 atom stereocenters. The van der Waals surface area contributed by atoms with Crippen molar-refractivity contribution >= 4 is 12.1 Å². The van der Waals surface area contributed by atoms with Crippen LogP contribution in [-0.2, 0) is 9.53 Å². The normalized spacial score (nSPS) is 20.2. The van der Waals surface area contributed by atoms with Crippen LogP contribution in [0.15, 0.2) is 0 Å². The molecule has 22 heavy (non-hydrogen) atoms. The van der Waals surface area contributed by atoms with Crippen molar-refractivity contribution in [2.45, 2.75) is 57.6 Å². The fraction of sp³-hybridized carbons (Fsp3) is 0.857. The molecule has 1 rings (SSSR count). The summed E-state index contributed by atoms with van der Waals surface area (Å²) in [6.07, 6.45) is -0.541. The number of hydrogen-bond donors (Lipinski definition) is 2. The molecule has 1 amide bonds. The van der Waals surface area contributed by atoms with Crippen LogP contribution >= 0.6 is 0 Å². The highest BCUT2D eigenvalue weighted by molar-refractivity contribution is 5.79. The molecule has 0 aromatic heterocycles. The molecule has 2 N–H and O–H groups in total. The first-order valence-corrected chi connectivity index (χ1v) is 7.31. The van der Waals surface area contributed by atoms with E-state index >= 15 is 0 Å². The van der Waals surface area contributed by atoms with Crippen molar-refractivity contribution in [3.8, 4) is 0 Å². The number of nitrogens with one attached hydrogen (secondary N) is 1. The second-order valence-corrected chi connectivity index (χ2v) is 6.56. The van der Waals surface area contributed by atoms with Gasteiger partial charge >= 0.3 is 12.1 Å². The van der Waals surface area contributed by atoms with Crippen molar-refractivity contribution in [1.29, 1.82) is 0 Å². The molecular formula is C14H24F2N2O4. The van der Waals surface area contributed by atoms with E-state index < -0.39 is 29.6 Å². The van der Waals surface area contributed by atoms with E-state index in [1.54, 1.807) is 20.8 Å². The van der Waals surface area contributed by atoms with Gasteiger partial charge < -0.3 is 15.2 Å². The molecule has 1 saturated heterocycles. The van der Waals surface area contributed by atoms with Crippen LogP contribution in [0.3, 0.4) is 0 Å². The van der Waals surface area contributed by atoms with Gasteiger partial charge in [-0.05, 0) is 40.2 Å². The first kappa shape index (κ1) is 18.6.